The summed E-state index contributed by atoms with van der Waals surface area (Å²) in [4.78, 5) is 14.5. The number of hydrogen-bond acceptors (Lipinski definition) is 2. The number of nitrogens with zero attached hydrogens (tertiary/aromatic N) is 2. The van der Waals surface area contributed by atoms with Crippen molar-refractivity contribution in [1.29, 1.82) is 0 Å². The highest BCUT2D eigenvalue weighted by Gasteiger charge is 2.06. The van der Waals surface area contributed by atoms with E-state index in [-0.39, 0.29) is 5.69 Å². The predicted molar refractivity (Wildman–Crippen MR) is 59.9 cm³/mol. The summed E-state index contributed by atoms with van der Waals surface area (Å²) in [6, 6.07) is 7.95. The number of carboxylic acids is 1. The Balaban J connectivity index is 2.31. The topological polar surface area (TPSA) is 55.1 Å². The molecule has 0 unspecified atom stereocenters. The quantitative estimate of drug-likeness (QED) is 0.855. The van der Waals surface area contributed by atoms with Crippen molar-refractivity contribution in [2.24, 2.45) is 0 Å². The first kappa shape index (κ1) is 10.4. The van der Waals surface area contributed by atoms with Crippen LogP contribution in [0.1, 0.15) is 23.0 Å². The van der Waals surface area contributed by atoms with Gasteiger partial charge in [-0.15, -0.1) is 0 Å². The molecule has 0 bridgehead atoms. The van der Waals surface area contributed by atoms with Crippen molar-refractivity contribution in [2.45, 2.75) is 13.3 Å². The Morgan fingerprint density at radius 3 is 2.56 bits per heavy atom. The molecule has 4 nitrogen and oxygen atoms in total. The summed E-state index contributed by atoms with van der Waals surface area (Å²) in [6.07, 6.45) is 4.00. The maximum Gasteiger partial charge on any atom is 0.356 e. The largest absolute Gasteiger partial charge is 0.476 e. The highest BCUT2D eigenvalue weighted by atomic mass is 16.4. The number of aryl methyl sites for hydroxylation is 1. The molecule has 82 valence electrons. The van der Waals surface area contributed by atoms with Gasteiger partial charge < -0.3 is 9.67 Å². The minimum Gasteiger partial charge on any atom is -0.476 e. The van der Waals surface area contributed by atoms with Crippen LogP contribution in [0.2, 0.25) is 0 Å². The van der Waals surface area contributed by atoms with Crippen molar-refractivity contribution < 1.29 is 9.90 Å². The molecule has 4 heteroatoms. The average Bonchev–Trinajstić information content (AvgIpc) is 2.78. The number of aromatic nitrogens is 2. The van der Waals surface area contributed by atoms with Gasteiger partial charge in [-0.3, -0.25) is 0 Å². The average molecular weight is 216 g/mol. The summed E-state index contributed by atoms with van der Waals surface area (Å²) in [5.74, 6) is -1.01. The maximum atomic E-state index is 10.7. The molecule has 0 spiro atoms. The molecule has 0 aliphatic rings. The molecule has 1 aromatic carbocycles. The molecule has 1 aromatic heterocycles. The first-order valence-electron chi connectivity index (χ1n) is 5.07. The fraction of sp³-hybridized carbons (Fsp3) is 0.167. The molecule has 2 aromatic rings. The van der Waals surface area contributed by atoms with Crippen LogP contribution in [0.15, 0.2) is 36.8 Å². The summed E-state index contributed by atoms with van der Waals surface area (Å²) < 4.78 is 1.70. The molecule has 0 saturated carbocycles. The lowest BCUT2D eigenvalue weighted by Gasteiger charge is -2.02. The van der Waals surface area contributed by atoms with Gasteiger partial charge in [-0.1, -0.05) is 19.1 Å². The van der Waals surface area contributed by atoms with Crippen molar-refractivity contribution >= 4 is 5.97 Å². The van der Waals surface area contributed by atoms with Gasteiger partial charge in [-0.2, -0.15) is 0 Å². The van der Waals surface area contributed by atoms with Crippen molar-refractivity contribution in [3.05, 3.63) is 48.0 Å². The van der Waals surface area contributed by atoms with Crippen molar-refractivity contribution in [1.82, 2.24) is 9.55 Å². The van der Waals surface area contributed by atoms with E-state index in [4.69, 9.17) is 5.11 Å². The molecular weight excluding hydrogens is 204 g/mol. The van der Waals surface area contributed by atoms with Crippen LogP contribution in [-0.4, -0.2) is 20.6 Å². The Morgan fingerprint density at radius 1 is 1.38 bits per heavy atom. The van der Waals surface area contributed by atoms with E-state index < -0.39 is 5.97 Å². The van der Waals surface area contributed by atoms with E-state index in [0.29, 0.717) is 0 Å². The van der Waals surface area contributed by atoms with Gasteiger partial charge in [0.15, 0.2) is 5.69 Å². The molecule has 0 aliphatic carbocycles. The van der Waals surface area contributed by atoms with Crippen LogP contribution in [0.25, 0.3) is 5.69 Å². The summed E-state index contributed by atoms with van der Waals surface area (Å²) in [7, 11) is 0. The van der Waals surface area contributed by atoms with E-state index in [1.54, 1.807) is 4.57 Å². The van der Waals surface area contributed by atoms with Crippen molar-refractivity contribution in [3.8, 4) is 5.69 Å². The number of imidazole rings is 1. The highest BCUT2D eigenvalue weighted by Crippen LogP contribution is 2.10. The highest BCUT2D eigenvalue weighted by molar-refractivity contribution is 5.85. The van der Waals surface area contributed by atoms with Gasteiger partial charge >= 0.3 is 5.97 Å². The van der Waals surface area contributed by atoms with Gasteiger partial charge in [-0.05, 0) is 24.1 Å². The summed E-state index contributed by atoms with van der Waals surface area (Å²) >= 11 is 0. The summed E-state index contributed by atoms with van der Waals surface area (Å²) in [5, 5.41) is 8.75. The second-order valence-corrected chi connectivity index (χ2v) is 3.49. The molecule has 16 heavy (non-hydrogen) atoms. The minimum absolute atomic E-state index is 0.0552. The number of benzene rings is 1. The number of carbonyl (C=O) groups is 1. The smallest absolute Gasteiger partial charge is 0.356 e. The fourth-order valence-electron chi connectivity index (χ4n) is 1.48. The van der Waals surface area contributed by atoms with Crippen LogP contribution in [0.4, 0.5) is 0 Å². The standard InChI is InChI=1S/C12H12N2O2/c1-2-9-3-5-10(6-4-9)14-7-11(12(15)16)13-8-14/h3-8H,2H2,1H3,(H,15,16). The van der Waals surface area contributed by atoms with Gasteiger partial charge in [0.25, 0.3) is 0 Å². The van der Waals surface area contributed by atoms with Crippen LogP contribution >= 0.6 is 0 Å². The lowest BCUT2D eigenvalue weighted by atomic mass is 10.1. The first-order chi connectivity index (χ1) is 7.70. The van der Waals surface area contributed by atoms with Gasteiger partial charge in [0.1, 0.15) is 6.33 Å². The zero-order chi connectivity index (χ0) is 11.5. The summed E-state index contributed by atoms with van der Waals surface area (Å²) in [5.41, 5.74) is 2.22. The Kier molecular flexibility index (Phi) is 2.72. The lowest BCUT2D eigenvalue weighted by Crippen LogP contribution is -1.96. The molecule has 0 aliphatic heterocycles. The van der Waals surface area contributed by atoms with Crippen LogP contribution in [-0.2, 0) is 6.42 Å². The Labute approximate surface area is 93.2 Å². The normalized spacial score (nSPS) is 10.3. The molecule has 0 atom stereocenters. The van der Waals surface area contributed by atoms with Crippen LogP contribution in [0, 0.1) is 0 Å². The first-order valence-corrected chi connectivity index (χ1v) is 5.07. The van der Waals surface area contributed by atoms with Crippen molar-refractivity contribution in [2.75, 3.05) is 0 Å². The second kappa shape index (κ2) is 4.18. The zero-order valence-corrected chi connectivity index (χ0v) is 8.92. The van der Waals surface area contributed by atoms with E-state index >= 15 is 0 Å². The van der Waals surface area contributed by atoms with Gasteiger partial charge in [0, 0.05) is 11.9 Å². The van der Waals surface area contributed by atoms with Gasteiger partial charge in [0.05, 0.1) is 0 Å². The van der Waals surface area contributed by atoms with E-state index in [0.717, 1.165) is 12.1 Å². The third-order valence-electron chi connectivity index (χ3n) is 2.44. The molecule has 1 heterocycles. The van der Waals surface area contributed by atoms with E-state index in [1.165, 1.54) is 18.1 Å². The third-order valence-corrected chi connectivity index (χ3v) is 2.44. The summed E-state index contributed by atoms with van der Waals surface area (Å²) in [6.45, 7) is 2.09. The molecule has 2 rings (SSSR count). The number of rotatable bonds is 3. The molecule has 1 N–H and O–H groups in total. The number of hydrogen-bond donors (Lipinski definition) is 1. The number of carboxylic acid groups (broad SMARTS) is 1. The van der Waals surface area contributed by atoms with Crippen LogP contribution in [0.5, 0.6) is 0 Å². The van der Waals surface area contributed by atoms with Crippen molar-refractivity contribution in [3.63, 3.8) is 0 Å². The Morgan fingerprint density at radius 2 is 2.06 bits per heavy atom. The molecule has 0 amide bonds. The Bertz CT molecular complexity index is 500. The monoisotopic (exact) mass is 216 g/mol. The Hall–Kier alpha value is -2.10. The lowest BCUT2D eigenvalue weighted by molar-refractivity contribution is 0.0691. The van der Waals surface area contributed by atoms with Crippen LogP contribution in [0.3, 0.4) is 0 Å². The third kappa shape index (κ3) is 1.95. The van der Waals surface area contributed by atoms with E-state index in [1.807, 2.05) is 24.3 Å². The molecular formula is C12H12N2O2. The second-order valence-electron chi connectivity index (χ2n) is 3.49. The minimum atomic E-state index is -1.01. The zero-order valence-electron chi connectivity index (χ0n) is 8.92. The maximum absolute atomic E-state index is 10.7. The van der Waals surface area contributed by atoms with Crippen LogP contribution < -0.4 is 0 Å². The van der Waals surface area contributed by atoms with Gasteiger partial charge in [-0.25, -0.2) is 9.78 Å². The molecule has 0 saturated heterocycles. The fourth-order valence-corrected chi connectivity index (χ4v) is 1.48. The molecule has 0 radical (unpaired) electrons. The SMILES string of the molecule is CCc1ccc(-n2cnc(C(=O)O)c2)cc1. The van der Waals surface area contributed by atoms with E-state index in [9.17, 15) is 4.79 Å². The van der Waals surface area contributed by atoms with Gasteiger partial charge in [0.2, 0.25) is 0 Å². The van der Waals surface area contributed by atoms with E-state index in [2.05, 4.69) is 11.9 Å². The molecule has 0 fully saturated rings. The predicted octanol–water partition coefficient (Wildman–Crippen LogP) is 2.13. The number of aromatic carboxylic acids is 1.